The highest BCUT2D eigenvalue weighted by Crippen LogP contribution is 2.07. The number of hydrogen-bond donors (Lipinski definition) is 0. The molecule has 0 fully saturated rings. The monoisotopic (exact) mass is 257 g/mol. The van der Waals surface area contributed by atoms with Gasteiger partial charge in [0.05, 0.1) is 0 Å². The third kappa shape index (κ3) is 4.05. The molecule has 78 valence electrons. The molecule has 4 heteroatoms. The number of hydrogen-bond acceptors (Lipinski definition) is 3. The first-order valence-electron chi connectivity index (χ1n) is 4.87. The molecule has 0 aromatic carbocycles. The Morgan fingerprint density at radius 3 is 2.86 bits per heavy atom. The molecule has 0 amide bonds. The first kappa shape index (κ1) is 11.4. The minimum Gasteiger partial charge on any atom is -0.360 e. The molecular formula is C10H16BrN3. The van der Waals surface area contributed by atoms with Crippen LogP contribution in [0.3, 0.4) is 0 Å². The van der Waals surface area contributed by atoms with Crippen molar-refractivity contribution in [3.05, 3.63) is 18.6 Å². The molecule has 0 aliphatic rings. The van der Waals surface area contributed by atoms with Crippen LogP contribution in [0.5, 0.6) is 0 Å². The molecule has 0 bridgehead atoms. The second-order valence-electron chi connectivity index (χ2n) is 3.24. The third-order valence-corrected chi connectivity index (χ3v) is 2.65. The van der Waals surface area contributed by atoms with Crippen LogP contribution in [0, 0.1) is 0 Å². The van der Waals surface area contributed by atoms with E-state index in [1.165, 1.54) is 19.3 Å². The quantitative estimate of drug-likeness (QED) is 0.579. The average molecular weight is 258 g/mol. The Hall–Kier alpha value is -0.640. The van der Waals surface area contributed by atoms with Crippen molar-refractivity contribution >= 4 is 21.7 Å². The van der Waals surface area contributed by atoms with Gasteiger partial charge in [0.15, 0.2) is 0 Å². The zero-order valence-electron chi connectivity index (χ0n) is 8.49. The van der Waals surface area contributed by atoms with Crippen molar-refractivity contribution < 1.29 is 0 Å². The molecule has 14 heavy (non-hydrogen) atoms. The lowest BCUT2D eigenvalue weighted by atomic mass is 10.2. The summed E-state index contributed by atoms with van der Waals surface area (Å²) in [5, 5.41) is 1.10. The van der Waals surface area contributed by atoms with E-state index < -0.39 is 0 Å². The molecular weight excluding hydrogens is 242 g/mol. The summed E-state index contributed by atoms with van der Waals surface area (Å²) in [7, 11) is 2.07. The fraction of sp³-hybridized carbons (Fsp3) is 0.600. The predicted molar refractivity (Wildman–Crippen MR) is 62.9 cm³/mol. The van der Waals surface area contributed by atoms with Gasteiger partial charge in [-0.2, -0.15) is 0 Å². The lowest BCUT2D eigenvalue weighted by Gasteiger charge is -2.17. The number of nitrogens with zero attached hydrogens (tertiary/aromatic N) is 3. The van der Waals surface area contributed by atoms with Crippen molar-refractivity contribution in [1.29, 1.82) is 0 Å². The molecule has 0 saturated carbocycles. The van der Waals surface area contributed by atoms with Gasteiger partial charge in [-0.15, -0.1) is 0 Å². The average Bonchev–Trinajstić information content (AvgIpc) is 2.25. The Morgan fingerprint density at radius 1 is 1.36 bits per heavy atom. The van der Waals surface area contributed by atoms with Crippen LogP contribution in [0.15, 0.2) is 18.6 Å². The zero-order valence-corrected chi connectivity index (χ0v) is 10.1. The number of rotatable bonds is 6. The van der Waals surface area contributed by atoms with E-state index in [4.69, 9.17) is 0 Å². The van der Waals surface area contributed by atoms with Gasteiger partial charge in [-0.05, 0) is 18.9 Å². The minimum atomic E-state index is 0.999. The van der Waals surface area contributed by atoms with Gasteiger partial charge in [-0.25, -0.2) is 9.97 Å². The summed E-state index contributed by atoms with van der Waals surface area (Å²) in [6, 6.07) is 1.94. The second-order valence-corrected chi connectivity index (χ2v) is 4.03. The molecule has 1 aromatic heterocycles. The van der Waals surface area contributed by atoms with Crippen LogP contribution >= 0.6 is 15.9 Å². The Labute approximate surface area is 93.7 Å². The Kier molecular flexibility index (Phi) is 5.52. The SMILES string of the molecule is CN(CCCCCBr)c1ccncn1. The molecule has 0 atom stereocenters. The number of alkyl halides is 1. The molecule has 1 heterocycles. The van der Waals surface area contributed by atoms with E-state index in [9.17, 15) is 0 Å². The van der Waals surface area contributed by atoms with Crippen molar-refractivity contribution in [1.82, 2.24) is 9.97 Å². The van der Waals surface area contributed by atoms with Crippen molar-refractivity contribution in [2.75, 3.05) is 23.8 Å². The predicted octanol–water partition coefficient (Wildman–Crippen LogP) is 2.48. The number of halogens is 1. The van der Waals surface area contributed by atoms with Crippen LogP contribution in [-0.2, 0) is 0 Å². The zero-order chi connectivity index (χ0) is 10.2. The minimum absolute atomic E-state index is 0.999. The fourth-order valence-corrected chi connectivity index (χ4v) is 1.64. The topological polar surface area (TPSA) is 29.0 Å². The lowest BCUT2D eigenvalue weighted by molar-refractivity contribution is 0.706. The summed E-state index contributed by atoms with van der Waals surface area (Å²) in [6.45, 7) is 1.06. The summed E-state index contributed by atoms with van der Waals surface area (Å²) in [6.07, 6.45) is 7.09. The molecule has 0 aliphatic heterocycles. The molecule has 0 spiro atoms. The van der Waals surface area contributed by atoms with Crippen molar-refractivity contribution in [2.45, 2.75) is 19.3 Å². The maximum absolute atomic E-state index is 4.18. The third-order valence-electron chi connectivity index (χ3n) is 2.08. The summed E-state index contributed by atoms with van der Waals surface area (Å²) >= 11 is 3.43. The first-order valence-corrected chi connectivity index (χ1v) is 6.00. The summed E-state index contributed by atoms with van der Waals surface area (Å²) in [5.41, 5.74) is 0. The molecule has 1 aromatic rings. The highest BCUT2D eigenvalue weighted by molar-refractivity contribution is 9.09. The lowest BCUT2D eigenvalue weighted by Crippen LogP contribution is -2.19. The number of aromatic nitrogens is 2. The van der Waals surface area contributed by atoms with Crippen LogP contribution in [0.4, 0.5) is 5.82 Å². The van der Waals surface area contributed by atoms with Gasteiger partial charge in [-0.3, -0.25) is 0 Å². The molecule has 0 radical (unpaired) electrons. The van der Waals surface area contributed by atoms with Crippen LogP contribution < -0.4 is 4.90 Å². The van der Waals surface area contributed by atoms with Crippen LogP contribution in [-0.4, -0.2) is 28.9 Å². The summed E-state index contributed by atoms with van der Waals surface area (Å²) in [4.78, 5) is 10.2. The van der Waals surface area contributed by atoms with E-state index in [0.29, 0.717) is 0 Å². The molecule has 0 N–H and O–H groups in total. The molecule has 0 aliphatic carbocycles. The molecule has 1 rings (SSSR count). The van der Waals surface area contributed by atoms with Gasteiger partial charge in [0.2, 0.25) is 0 Å². The maximum atomic E-state index is 4.18. The Balaban J connectivity index is 2.25. The smallest absolute Gasteiger partial charge is 0.131 e. The Morgan fingerprint density at radius 2 is 2.21 bits per heavy atom. The standard InChI is InChI=1S/C10H16BrN3/c1-14(8-4-2-3-6-11)10-5-7-12-9-13-10/h5,7,9H,2-4,6,8H2,1H3. The van der Waals surface area contributed by atoms with Crippen LogP contribution in [0.2, 0.25) is 0 Å². The van der Waals surface area contributed by atoms with Gasteiger partial charge in [0.25, 0.3) is 0 Å². The Bertz CT molecular complexity index is 240. The summed E-state index contributed by atoms with van der Waals surface area (Å²) in [5.74, 6) is 0.999. The van der Waals surface area contributed by atoms with Crippen molar-refractivity contribution in [2.24, 2.45) is 0 Å². The number of anilines is 1. The fourth-order valence-electron chi connectivity index (χ4n) is 1.24. The first-order chi connectivity index (χ1) is 6.84. The highest BCUT2D eigenvalue weighted by atomic mass is 79.9. The van der Waals surface area contributed by atoms with Gasteiger partial charge < -0.3 is 4.90 Å². The van der Waals surface area contributed by atoms with E-state index in [-0.39, 0.29) is 0 Å². The van der Waals surface area contributed by atoms with Gasteiger partial charge in [-0.1, -0.05) is 22.4 Å². The highest BCUT2D eigenvalue weighted by Gasteiger charge is 1.99. The largest absolute Gasteiger partial charge is 0.360 e. The molecule has 3 nitrogen and oxygen atoms in total. The normalized spacial score (nSPS) is 10.1. The maximum Gasteiger partial charge on any atom is 0.131 e. The molecule has 0 unspecified atom stereocenters. The van der Waals surface area contributed by atoms with E-state index in [2.05, 4.69) is 37.8 Å². The molecule has 0 saturated heterocycles. The number of unbranched alkanes of at least 4 members (excludes halogenated alkanes) is 2. The van der Waals surface area contributed by atoms with Gasteiger partial charge in [0, 0.05) is 25.1 Å². The van der Waals surface area contributed by atoms with E-state index >= 15 is 0 Å². The second kappa shape index (κ2) is 6.76. The van der Waals surface area contributed by atoms with Crippen LogP contribution in [0.1, 0.15) is 19.3 Å². The van der Waals surface area contributed by atoms with Crippen LogP contribution in [0.25, 0.3) is 0 Å². The van der Waals surface area contributed by atoms with Gasteiger partial charge >= 0.3 is 0 Å². The summed E-state index contributed by atoms with van der Waals surface area (Å²) < 4.78 is 0. The van der Waals surface area contributed by atoms with E-state index in [1.54, 1.807) is 12.5 Å². The van der Waals surface area contributed by atoms with E-state index in [0.717, 1.165) is 17.7 Å². The van der Waals surface area contributed by atoms with Crippen molar-refractivity contribution in [3.63, 3.8) is 0 Å². The van der Waals surface area contributed by atoms with Crippen molar-refractivity contribution in [3.8, 4) is 0 Å². The van der Waals surface area contributed by atoms with Gasteiger partial charge in [0.1, 0.15) is 12.1 Å². The van der Waals surface area contributed by atoms with E-state index in [1.807, 2.05) is 6.07 Å².